The van der Waals surface area contributed by atoms with Crippen LogP contribution in [0, 0.1) is 0 Å². The number of rotatable bonds is 4. The minimum atomic E-state index is -0.284. The number of hydrogen-bond donors (Lipinski definition) is 0. The molecule has 0 aromatic rings. The van der Waals surface area contributed by atoms with Gasteiger partial charge in [0.15, 0.2) is 0 Å². The molecule has 0 heterocycles. The zero-order valence-electron chi connectivity index (χ0n) is 6.64. The topological polar surface area (TPSA) is 26.3 Å². The van der Waals surface area contributed by atoms with Crippen molar-refractivity contribution in [3.63, 3.8) is 0 Å². The summed E-state index contributed by atoms with van der Waals surface area (Å²) in [7, 11) is 0. The van der Waals surface area contributed by atoms with Crippen LogP contribution in [0.5, 0.6) is 0 Å². The van der Waals surface area contributed by atoms with Crippen LogP contribution in [0.3, 0.4) is 0 Å². The van der Waals surface area contributed by atoms with E-state index in [4.69, 9.17) is 4.74 Å². The van der Waals surface area contributed by atoms with Crippen LogP contribution in [0.1, 0.15) is 26.7 Å². The second-order valence-corrected chi connectivity index (χ2v) is 2.27. The molecule has 2 nitrogen and oxygen atoms in total. The minimum absolute atomic E-state index is 0. The van der Waals surface area contributed by atoms with Crippen molar-refractivity contribution in [3.8, 4) is 0 Å². The van der Waals surface area contributed by atoms with Crippen molar-refractivity contribution >= 4 is 57.4 Å². The van der Waals surface area contributed by atoms with Gasteiger partial charge in [-0.3, -0.25) is 0 Å². The summed E-state index contributed by atoms with van der Waals surface area (Å²) in [5.74, 6) is -0.284. The normalized spacial score (nSPS) is 8.18. The summed E-state index contributed by atoms with van der Waals surface area (Å²) < 4.78 is 4.81. The zero-order valence-corrected chi connectivity index (χ0v) is 6.64. The van der Waals surface area contributed by atoms with E-state index in [2.05, 4.69) is 13.5 Å². The SMILES string of the molecule is C=C(C)C(=O)OCCCC.[KH]. The van der Waals surface area contributed by atoms with Crippen LogP contribution in [0.15, 0.2) is 12.2 Å². The Morgan fingerprint density at radius 3 is 2.45 bits per heavy atom. The van der Waals surface area contributed by atoms with E-state index in [1.165, 1.54) is 0 Å². The molecule has 0 saturated heterocycles. The molecule has 11 heavy (non-hydrogen) atoms. The predicted molar refractivity (Wildman–Crippen MR) is 47.8 cm³/mol. The first kappa shape index (κ1) is 14.4. The van der Waals surface area contributed by atoms with Gasteiger partial charge in [0.1, 0.15) is 0 Å². The van der Waals surface area contributed by atoms with Gasteiger partial charge in [-0.2, -0.15) is 0 Å². The van der Waals surface area contributed by atoms with Crippen molar-refractivity contribution in [2.24, 2.45) is 0 Å². The van der Waals surface area contributed by atoms with Gasteiger partial charge in [-0.1, -0.05) is 19.9 Å². The van der Waals surface area contributed by atoms with Crippen LogP contribution < -0.4 is 0 Å². The first-order chi connectivity index (χ1) is 4.68. The summed E-state index contributed by atoms with van der Waals surface area (Å²) in [5.41, 5.74) is 0.469. The molecule has 0 atom stereocenters. The van der Waals surface area contributed by atoms with Crippen LogP contribution in [-0.4, -0.2) is 64.0 Å². The summed E-state index contributed by atoms with van der Waals surface area (Å²) in [6.45, 7) is 7.67. The molecule has 0 aliphatic rings. The van der Waals surface area contributed by atoms with E-state index in [0.29, 0.717) is 12.2 Å². The number of hydrogen-bond acceptors (Lipinski definition) is 2. The monoisotopic (exact) mass is 182 g/mol. The van der Waals surface area contributed by atoms with Crippen molar-refractivity contribution in [1.82, 2.24) is 0 Å². The molecular formula is C8H15KO2. The Morgan fingerprint density at radius 1 is 1.55 bits per heavy atom. The Bertz CT molecular complexity index is 132. The third kappa shape index (κ3) is 8.76. The third-order valence-corrected chi connectivity index (χ3v) is 1.08. The van der Waals surface area contributed by atoms with Gasteiger partial charge in [-0.15, -0.1) is 0 Å². The van der Waals surface area contributed by atoms with Crippen molar-refractivity contribution in [1.29, 1.82) is 0 Å². The van der Waals surface area contributed by atoms with E-state index in [1.807, 2.05) is 0 Å². The Hall–Kier alpha value is 0.846. The molecule has 0 rings (SSSR count). The Morgan fingerprint density at radius 2 is 2.09 bits per heavy atom. The van der Waals surface area contributed by atoms with E-state index in [9.17, 15) is 4.79 Å². The van der Waals surface area contributed by atoms with Crippen molar-refractivity contribution in [2.45, 2.75) is 26.7 Å². The van der Waals surface area contributed by atoms with Gasteiger partial charge < -0.3 is 4.74 Å². The fourth-order valence-corrected chi connectivity index (χ4v) is 0.432. The van der Waals surface area contributed by atoms with E-state index in [-0.39, 0.29) is 57.4 Å². The first-order valence-corrected chi connectivity index (χ1v) is 3.51. The van der Waals surface area contributed by atoms with E-state index in [0.717, 1.165) is 12.8 Å². The summed E-state index contributed by atoms with van der Waals surface area (Å²) in [4.78, 5) is 10.7. The van der Waals surface area contributed by atoms with Crippen molar-refractivity contribution in [2.75, 3.05) is 6.61 Å². The van der Waals surface area contributed by atoms with Gasteiger partial charge in [0.2, 0.25) is 0 Å². The molecule has 3 heteroatoms. The molecular weight excluding hydrogens is 167 g/mol. The molecule has 0 aliphatic heterocycles. The summed E-state index contributed by atoms with van der Waals surface area (Å²) in [5, 5.41) is 0. The maximum atomic E-state index is 10.7. The second kappa shape index (κ2) is 8.94. The number of carbonyl (C=O) groups excluding carboxylic acids is 1. The molecule has 0 bridgehead atoms. The maximum absolute atomic E-state index is 10.7. The molecule has 0 spiro atoms. The quantitative estimate of drug-likeness (QED) is 0.283. The first-order valence-electron chi connectivity index (χ1n) is 3.51. The van der Waals surface area contributed by atoms with Gasteiger partial charge in [0.05, 0.1) is 6.61 Å². The molecule has 0 aromatic heterocycles. The van der Waals surface area contributed by atoms with Crippen molar-refractivity contribution in [3.05, 3.63) is 12.2 Å². The van der Waals surface area contributed by atoms with Crippen LogP contribution >= 0.6 is 0 Å². The van der Waals surface area contributed by atoms with Crippen LogP contribution in [0.4, 0.5) is 0 Å². The Labute approximate surface area is 111 Å². The van der Waals surface area contributed by atoms with Crippen LogP contribution in [0.25, 0.3) is 0 Å². The van der Waals surface area contributed by atoms with Gasteiger partial charge in [-0.05, 0) is 13.3 Å². The predicted octanol–water partition coefficient (Wildman–Crippen LogP) is 1.26. The van der Waals surface area contributed by atoms with E-state index in [1.54, 1.807) is 6.92 Å². The molecule has 0 aromatic carbocycles. The Kier molecular flexibility index (Phi) is 11.7. The van der Waals surface area contributed by atoms with Crippen LogP contribution in [0.2, 0.25) is 0 Å². The number of ether oxygens (including phenoxy) is 1. The fourth-order valence-electron chi connectivity index (χ4n) is 0.432. The molecule has 0 unspecified atom stereocenters. The van der Waals surface area contributed by atoms with Crippen molar-refractivity contribution < 1.29 is 9.53 Å². The summed E-state index contributed by atoms with van der Waals surface area (Å²) in [6.07, 6.45) is 1.97. The summed E-state index contributed by atoms with van der Waals surface area (Å²) >= 11 is 0. The van der Waals surface area contributed by atoms with Gasteiger partial charge in [0, 0.05) is 5.57 Å². The standard InChI is InChI=1S/C8H14O2.K.H/c1-4-5-6-10-8(9)7(2)3;;/h2,4-6H2,1,3H3;;. The average molecular weight is 182 g/mol. The molecule has 0 saturated carbocycles. The molecule has 0 fully saturated rings. The third-order valence-electron chi connectivity index (χ3n) is 1.08. The second-order valence-electron chi connectivity index (χ2n) is 2.27. The van der Waals surface area contributed by atoms with Gasteiger partial charge in [0.25, 0.3) is 0 Å². The molecule has 0 N–H and O–H groups in total. The molecule has 60 valence electrons. The summed E-state index contributed by atoms with van der Waals surface area (Å²) in [6, 6.07) is 0. The number of carbonyl (C=O) groups is 1. The van der Waals surface area contributed by atoms with Crippen LogP contribution in [-0.2, 0) is 9.53 Å². The fraction of sp³-hybridized carbons (Fsp3) is 0.625. The molecule has 0 amide bonds. The molecule has 0 aliphatic carbocycles. The number of esters is 1. The van der Waals surface area contributed by atoms with E-state index >= 15 is 0 Å². The number of unbranched alkanes of at least 4 members (excludes halogenated alkanes) is 1. The van der Waals surface area contributed by atoms with E-state index < -0.39 is 0 Å². The molecule has 0 radical (unpaired) electrons. The average Bonchev–Trinajstić information content (AvgIpc) is 1.88. The van der Waals surface area contributed by atoms with Gasteiger partial charge >= 0.3 is 57.4 Å². The Balaban J connectivity index is 0. The zero-order chi connectivity index (χ0) is 7.98. The van der Waals surface area contributed by atoms with Gasteiger partial charge in [-0.25, -0.2) is 4.79 Å².